The Morgan fingerprint density at radius 3 is 2.84 bits per heavy atom. The molecule has 1 heterocycles. The molecule has 0 saturated heterocycles. The van der Waals surface area contributed by atoms with E-state index < -0.39 is 10.2 Å². The third-order valence-corrected chi connectivity index (χ3v) is 5.05. The summed E-state index contributed by atoms with van der Waals surface area (Å²) in [6.45, 7) is 3.17. The van der Waals surface area contributed by atoms with E-state index in [1.807, 2.05) is 31.2 Å². The Morgan fingerprint density at radius 1 is 1.42 bits per heavy atom. The summed E-state index contributed by atoms with van der Waals surface area (Å²) in [7, 11) is -3.45. The molecule has 1 aromatic carbocycles. The van der Waals surface area contributed by atoms with E-state index in [-0.39, 0.29) is 6.04 Å². The van der Waals surface area contributed by atoms with Crippen LogP contribution in [0.15, 0.2) is 24.3 Å². The van der Waals surface area contributed by atoms with Crippen molar-refractivity contribution in [2.45, 2.75) is 25.8 Å². The van der Waals surface area contributed by atoms with E-state index in [0.29, 0.717) is 19.6 Å². The van der Waals surface area contributed by atoms with E-state index in [2.05, 4.69) is 4.72 Å². The third-order valence-electron chi connectivity index (χ3n) is 3.43. The molecule has 0 spiro atoms. The van der Waals surface area contributed by atoms with Gasteiger partial charge in [-0.2, -0.15) is 12.7 Å². The van der Waals surface area contributed by atoms with Crippen molar-refractivity contribution in [3.63, 3.8) is 0 Å². The van der Waals surface area contributed by atoms with Gasteiger partial charge in [-0.05, 0) is 24.0 Å². The minimum Gasteiger partial charge on any atom is -0.329 e. The predicted octanol–water partition coefficient (Wildman–Crippen LogP) is 0.789. The third kappa shape index (κ3) is 2.97. The van der Waals surface area contributed by atoms with Crippen LogP contribution in [0.5, 0.6) is 0 Å². The minimum atomic E-state index is -3.45. The molecule has 0 radical (unpaired) electrons. The van der Waals surface area contributed by atoms with Crippen LogP contribution in [0.4, 0.5) is 0 Å². The Balaban J connectivity index is 2.29. The molecule has 19 heavy (non-hydrogen) atoms. The monoisotopic (exact) mass is 283 g/mol. The van der Waals surface area contributed by atoms with Gasteiger partial charge in [-0.25, -0.2) is 4.72 Å². The first-order valence-electron chi connectivity index (χ1n) is 6.64. The normalized spacial score (nSPS) is 20.2. The highest BCUT2D eigenvalue weighted by Gasteiger charge is 2.33. The van der Waals surface area contributed by atoms with Gasteiger partial charge in [-0.1, -0.05) is 31.2 Å². The molecule has 5 nitrogen and oxygen atoms in total. The number of hydrogen-bond donors (Lipinski definition) is 2. The highest BCUT2D eigenvalue weighted by atomic mass is 32.2. The van der Waals surface area contributed by atoms with Gasteiger partial charge in [-0.3, -0.25) is 0 Å². The zero-order valence-corrected chi connectivity index (χ0v) is 12.0. The van der Waals surface area contributed by atoms with Gasteiger partial charge in [0.2, 0.25) is 0 Å². The Hall–Kier alpha value is -0.950. The van der Waals surface area contributed by atoms with Crippen LogP contribution in [-0.2, 0) is 16.6 Å². The number of fused-ring (bicyclic) bond motifs is 1. The van der Waals surface area contributed by atoms with Crippen LogP contribution in [0.3, 0.4) is 0 Å². The lowest BCUT2D eigenvalue weighted by atomic mass is 9.94. The lowest BCUT2D eigenvalue weighted by molar-refractivity contribution is 0.308. The van der Waals surface area contributed by atoms with Gasteiger partial charge in [0, 0.05) is 19.6 Å². The van der Waals surface area contributed by atoms with Crippen molar-refractivity contribution in [3.8, 4) is 0 Å². The SMILES string of the molecule is CCCNS(=O)(=O)N1CCc2ccccc2C1CN. The largest absolute Gasteiger partial charge is 0.329 e. The Bertz CT molecular complexity index is 530. The first kappa shape index (κ1) is 14.5. The Morgan fingerprint density at radius 2 is 2.16 bits per heavy atom. The van der Waals surface area contributed by atoms with E-state index in [9.17, 15) is 8.42 Å². The Kier molecular flexibility index (Phi) is 4.57. The molecule has 106 valence electrons. The quantitative estimate of drug-likeness (QED) is 0.839. The smallest absolute Gasteiger partial charge is 0.280 e. The Labute approximate surface area is 115 Å². The fourth-order valence-corrected chi connectivity index (χ4v) is 3.97. The van der Waals surface area contributed by atoms with Gasteiger partial charge >= 0.3 is 0 Å². The summed E-state index contributed by atoms with van der Waals surface area (Å²) in [5.41, 5.74) is 8.02. The maximum absolute atomic E-state index is 12.3. The van der Waals surface area contributed by atoms with Crippen LogP contribution < -0.4 is 10.5 Å². The minimum absolute atomic E-state index is 0.265. The molecule has 6 heteroatoms. The summed E-state index contributed by atoms with van der Waals surface area (Å²) in [5, 5.41) is 0. The molecule has 1 aromatic rings. The van der Waals surface area contributed by atoms with Gasteiger partial charge in [0.15, 0.2) is 0 Å². The molecule has 1 aliphatic rings. The van der Waals surface area contributed by atoms with E-state index in [1.165, 1.54) is 9.87 Å². The lowest BCUT2D eigenvalue weighted by Crippen LogP contribution is -2.48. The predicted molar refractivity (Wildman–Crippen MR) is 75.9 cm³/mol. The van der Waals surface area contributed by atoms with E-state index >= 15 is 0 Å². The van der Waals surface area contributed by atoms with Crippen molar-refractivity contribution >= 4 is 10.2 Å². The van der Waals surface area contributed by atoms with Gasteiger partial charge < -0.3 is 5.73 Å². The molecule has 0 amide bonds. The van der Waals surface area contributed by atoms with E-state index in [0.717, 1.165) is 18.4 Å². The van der Waals surface area contributed by atoms with Crippen molar-refractivity contribution in [3.05, 3.63) is 35.4 Å². The van der Waals surface area contributed by atoms with Crippen LogP contribution in [0.1, 0.15) is 30.5 Å². The molecule has 0 fully saturated rings. The summed E-state index contributed by atoms with van der Waals surface area (Å²) >= 11 is 0. The zero-order chi connectivity index (χ0) is 13.9. The number of hydrogen-bond acceptors (Lipinski definition) is 3. The molecule has 1 aliphatic heterocycles. The standard InChI is InChI=1S/C13H21N3O2S/c1-2-8-15-19(17,18)16-9-7-11-5-3-4-6-12(11)13(16)10-14/h3-6,13,15H,2,7-10,14H2,1H3. The number of nitrogens with zero attached hydrogens (tertiary/aromatic N) is 1. The fourth-order valence-electron chi connectivity index (χ4n) is 2.47. The topological polar surface area (TPSA) is 75.4 Å². The summed E-state index contributed by atoms with van der Waals surface area (Å²) in [6.07, 6.45) is 1.51. The van der Waals surface area contributed by atoms with Gasteiger partial charge in [0.25, 0.3) is 10.2 Å². The second-order valence-corrected chi connectivity index (χ2v) is 6.42. The highest BCUT2D eigenvalue weighted by molar-refractivity contribution is 7.87. The first-order valence-corrected chi connectivity index (χ1v) is 8.08. The number of nitrogens with one attached hydrogen (secondary N) is 1. The summed E-state index contributed by atoms with van der Waals surface area (Å²) in [4.78, 5) is 0. The molecule has 3 N–H and O–H groups in total. The molecular formula is C13H21N3O2S. The average Bonchev–Trinajstić information content (AvgIpc) is 2.43. The van der Waals surface area contributed by atoms with Crippen molar-refractivity contribution in [1.29, 1.82) is 0 Å². The fraction of sp³-hybridized carbons (Fsp3) is 0.538. The van der Waals surface area contributed by atoms with Crippen molar-refractivity contribution in [2.75, 3.05) is 19.6 Å². The van der Waals surface area contributed by atoms with Crippen LogP contribution in [0, 0.1) is 0 Å². The maximum atomic E-state index is 12.3. The molecule has 0 bridgehead atoms. The average molecular weight is 283 g/mol. The van der Waals surface area contributed by atoms with E-state index in [1.54, 1.807) is 0 Å². The molecule has 0 aromatic heterocycles. The molecule has 0 saturated carbocycles. The second kappa shape index (κ2) is 6.00. The molecule has 0 aliphatic carbocycles. The molecule has 2 rings (SSSR count). The maximum Gasteiger partial charge on any atom is 0.280 e. The molecule has 1 unspecified atom stereocenters. The van der Waals surface area contributed by atoms with Crippen molar-refractivity contribution in [1.82, 2.24) is 9.03 Å². The van der Waals surface area contributed by atoms with Gasteiger partial charge in [-0.15, -0.1) is 0 Å². The lowest BCUT2D eigenvalue weighted by Gasteiger charge is -2.35. The number of nitrogens with two attached hydrogens (primary N) is 1. The van der Waals surface area contributed by atoms with Crippen LogP contribution in [-0.4, -0.2) is 32.4 Å². The number of rotatable bonds is 5. The number of benzene rings is 1. The summed E-state index contributed by atoms with van der Waals surface area (Å²) < 4.78 is 28.7. The summed E-state index contributed by atoms with van der Waals surface area (Å²) in [5.74, 6) is 0. The van der Waals surface area contributed by atoms with Crippen molar-refractivity contribution < 1.29 is 8.42 Å². The zero-order valence-electron chi connectivity index (χ0n) is 11.2. The second-order valence-electron chi connectivity index (χ2n) is 4.71. The first-order chi connectivity index (χ1) is 9.10. The summed E-state index contributed by atoms with van der Waals surface area (Å²) in [6, 6.07) is 7.65. The molecule has 1 atom stereocenters. The van der Waals surface area contributed by atoms with Gasteiger partial charge in [0.05, 0.1) is 6.04 Å². The van der Waals surface area contributed by atoms with Gasteiger partial charge in [0.1, 0.15) is 0 Å². The van der Waals surface area contributed by atoms with Crippen LogP contribution in [0.25, 0.3) is 0 Å². The van der Waals surface area contributed by atoms with E-state index in [4.69, 9.17) is 5.73 Å². The highest BCUT2D eigenvalue weighted by Crippen LogP contribution is 2.30. The van der Waals surface area contributed by atoms with Crippen LogP contribution >= 0.6 is 0 Å². The van der Waals surface area contributed by atoms with Crippen molar-refractivity contribution in [2.24, 2.45) is 5.73 Å². The molecular weight excluding hydrogens is 262 g/mol. The van der Waals surface area contributed by atoms with Crippen LogP contribution in [0.2, 0.25) is 0 Å².